The van der Waals surface area contributed by atoms with Crippen LogP contribution >= 0.6 is 27.3 Å². The second-order valence-electron chi connectivity index (χ2n) is 5.81. The van der Waals surface area contributed by atoms with Crippen LogP contribution in [0.15, 0.2) is 22.7 Å². The first-order valence-electron chi connectivity index (χ1n) is 8.61. The van der Waals surface area contributed by atoms with Gasteiger partial charge in [-0.1, -0.05) is 44.6 Å². The van der Waals surface area contributed by atoms with E-state index in [2.05, 4.69) is 52.2 Å². The zero-order valence-electron chi connectivity index (χ0n) is 14.8. The average Bonchev–Trinajstić information content (AvgIpc) is 3.04. The highest BCUT2D eigenvalue weighted by Crippen LogP contribution is 2.28. The van der Waals surface area contributed by atoms with E-state index in [9.17, 15) is 4.79 Å². The van der Waals surface area contributed by atoms with E-state index in [1.807, 2.05) is 18.2 Å². The van der Waals surface area contributed by atoms with E-state index < -0.39 is 0 Å². The number of nitrogens with zero attached hydrogens (tertiary/aromatic N) is 2. The summed E-state index contributed by atoms with van der Waals surface area (Å²) in [5.74, 6) is 0.818. The van der Waals surface area contributed by atoms with Crippen molar-refractivity contribution in [2.24, 2.45) is 0 Å². The largest absolute Gasteiger partial charge is 0.483 e. The third-order valence-electron chi connectivity index (χ3n) is 3.92. The van der Waals surface area contributed by atoms with Crippen molar-refractivity contribution in [2.45, 2.75) is 52.4 Å². The Morgan fingerprint density at radius 2 is 2.04 bits per heavy atom. The Labute approximate surface area is 161 Å². The van der Waals surface area contributed by atoms with Crippen molar-refractivity contribution in [3.8, 4) is 5.75 Å². The number of anilines is 1. The summed E-state index contributed by atoms with van der Waals surface area (Å²) < 4.78 is 6.46. The summed E-state index contributed by atoms with van der Waals surface area (Å²) in [7, 11) is 0. The number of aromatic nitrogens is 2. The zero-order valence-corrected chi connectivity index (χ0v) is 17.2. The molecule has 5 nitrogen and oxygen atoms in total. The zero-order chi connectivity index (χ0) is 18.2. The molecule has 7 heteroatoms. The van der Waals surface area contributed by atoms with Gasteiger partial charge in [-0.25, -0.2) is 0 Å². The van der Waals surface area contributed by atoms with Crippen LogP contribution in [-0.4, -0.2) is 22.7 Å². The Morgan fingerprint density at radius 1 is 1.28 bits per heavy atom. The van der Waals surface area contributed by atoms with Gasteiger partial charge in [-0.05, 0) is 52.9 Å². The molecule has 1 heterocycles. The number of aryl methyl sites for hydroxylation is 1. The average molecular weight is 426 g/mol. The van der Waals surface area contributed by atoms with Crippen molar-refractivity contribution in [1.82, 2.24) is 10.2 Å². The summed E-state index contributed by atoms with van der Waals surface area (Å²) in [4.78, 5) is 12.1. The molecule has 1 aromatic carbocycles. The van der Waals surface area contributed by atoms with Crippen LogP contribution in [0.5, 0.6) is 5.75 Å². The number of carbonyl (C=O) groups is 1. The van der Waals surface area contributed by atoms with Gasteiger partial charge in [0.05, 0.1) is 4.47 Å². The van der Waals surface area contributed by atoms with Crippen LogP contribution in [0, 0.1) is 0 Å². The van der Waals surface area contributed by atoms with Gasteiger partial charge in [-0.2, -0.15) is 0 Å². The molecule has 2 aromatic rings. The highest BCUT2D eigenvalue weighted by Gasteiger charge is 2.15. The second-order valence-corrected chi connectivity index (χ2v) is 7.67. The Hall–Kier alpha value is -1.47. The molecule has 0 spiro atoms. The minimum absolute atomic E-state index is 0.0639. The third-order valence-corrected chi connectivity index (χ3v) is 5.54. The molecule has 0 aliphatic heterocycles. The Kier molecular flexibility index (Phi) is 7.84. The lowest BCUT2D eigenvalue weighted by Gasteiger charge is -2.09. The molecular formula is C18H24BrN3O2S. The van der Waals surface area contributed by atoms with Gasteiger partial charge in [0.2, 0.25) is 5.13 Å². The molecule has 25 heavy (non-hydrogen) atoms. The van der Waals surface area contributed by atoms with Gasteiger partial charge in [0.25, 0.3) is 5.91 Å². The first-order valence-corrected chi connectivity index (χ1v) is 10.2. The van der Waals surface area contributed by atoms with E-state index >= 15 is 0 Å². The summed E-state index contributed by atoms with van der Waals surface area (Å²) >= 11 is 4.92. The van der Waals surface area contributed by atoms with Crippen LogP contribution in [0.3, 0.4) is 0 Å². The topological polar surface area (TPSA) is 64.1 Å². The molecule has 1 N–H and O–H groups in total. The van der Waals surface area contributed by atoms with Gasteiger partial charge < -0.3 is 4.74 Å². The standard InChI is InChI=1S/C18H24BrN3O2S/c1-4-7-12-8-9-15(14(19)10-12)24-11-16(23)20-18-22-21-17(25-18)13(5-2)6-3/h8-10,13H,4-7,11H2,1-3H3,(H,20,22,23). The Bertz CT molecular complexity index is 701. The first-order chi connectivity index (χ1) is 12.1. The van der Waals surface area contributed by atoms with E-state index in [0.29, 0.717) is 16.8 Å². The molecule has 1 amide bonds. The van der Waals surface area contributed by atoms with Gasteiger partial charge in [-0.3, -0.25) is 10.1 Å². The fourth-order valence-electron chi connectivity index (χ4n) is 2.49. The predicted molar refractivity (Wildman–Crippen MR) is 105 cm³/mol. The third kappa shape index (κ3) is 5.78. The number of amides is 1. The fraction of sp³-hybridized carbons (Fsp3) is 0.500. The summed E-state index contributed by atoms with van der Waals surface area (Å²) in [5, 5.41) is 12.5. The van der Waals surface area contributed by atoms with Crippen LogP contribution in [0.1, 0.15) is 56.5 Å². The minimum Gasteiger partial charge on any atom is -0.483 e. The lowest BCUT2D eigenvalue weighted by Crippen LogP contribution is -2.20. The number of halogens is 1. The molecule has 0 aliphatic rings. The number of rotatable bonds is 9. The maximum atomic E-state index is 12.1. The smallest absolute Gasteiger partial charge is 0.264 e. The molecule has 1 aromatic heterocycles. The highest BCUT2D eigenvalue weighted by atomic mass is 79.9. The fourth-order valence-corrected chi connectivity index (χ4v) is 4.06. The van der Waals surface area contributed by atoms with Crippen molar-refractivity contribution in [1.29, 1.82) is 0 Å². The molecule has 0 fully saturated rings. The van der Waals surface area contributed by atoms with E-state index in [4.69, 9.17) is 4.74 Å². The van der Waals surface area contributed by atoms with Crippen LogP contribution in [0.4, 0.5) is 5.13 Å². The van der Waals surface area contributed by atoms with Crippen LogP contribution in [-0.2, 0) is 11.2 Å². The molecule has 136 valence electrons. The van der Waals surface area contributed by atoms with Crippen molar-refractivity contribution in [3.63, 3.8) is 0 Å². The number of nitrogens with one attached hydrogen (secondary N) is 1. The number of carbonyl (C=O) groups excluding carboxylic acids is 1. The number of hydrogen-bond donors (Lipinski definition) is 1. The van der Waals surface area contributed by atoms with E-state index in [-0.39, 0.29) is 12.5 Å². The highest BCUT2D eigenvalue weighted by molar-refractivity contribution is 9.10. The lowest BCUT2D eigenvalue weighted by atomic mass is 10.1. The van der Waals surface area contributed by atoms with E-state index in [0.717, 1.165) is 35.2 Å². The maximum absolute atomic E-state index is 12.1. The van der Waals surface area contributed by atoms with E-state index in [1.165, 1.54) is 16.9 Å². The SMILES string of the molecule is CCCc1ccc(OCC(=O)Nc2nnc(C(CC)CC)s2)c(Br)c1. The molecule has 0 unspecified atom stereocenters. The van der Waals surface area contributed by atoms with Crippen molar-refractivity contribution >= 4 is 38.3 Å². The number of ether oxygens (including phenoxy) is 1. The van der Waals surface area contributed by atoms with Gasteiger partial charge in [0.15, 0.2) is 6.61 Å². The van der Waals surface area contributed by atoms with Gasteiger partial charge >= 0.3 is 0 Å². The summed E-state index contributed by atoms with van der Waals surface area (Å²) in [6.07, 6.45) is 4.15. The van der Waals surface area contributed by atoms with Gasteiger partial charge in [-0.15, -0.1) is 10.2 Å². The molecule has 0 bridgehead atoms. The monoisotopic (exact) mass is 425 g/mol. The minimum atomic E-state index is -0.239. The summed E-state index contributed by atoms with van der Waals surface area (Å²) in [5.41, 5.74) is 1.24. The molecular weight excluding hydrogens is 402 g/mol. The molecule has 2 rings (SSSR count). The Morgan fingerprint density at radius 3 is 2.68 bits per heavy atom. The second kappa shape index (κ2) is 9.87. The number of hydrogen-bond acceptors (Lipinski definition) is 5. The van der Waals surface area contributed by atoms with Crippen molar-refractivity contribution < 1.29 is 9.53 Å². The van der Waals surface area contributed by atoms with Crippen LogP contribution in [0.2, 0.25) is 0 Å². The van der Waals surface area contributed by atoms with E-state index in [1.54, 1.807) is 0 Å². The molecule has 0 aliphatic carbocycles. The summed E-state index contributed by atoms with van der Waals surface area (Å²) in [6, 6.07) is 5.94. The van der Waals surface area contributed by atoms with Crippen LogP contribution < -0.4 is 10.1 Å². The van der Waals surface area contributed by atoms with Gasteiger partial charge in [0.1, 0.15) is 10.8 Å². The number of benzene rings is 1. The van der Waals surface area contributed by atoms with Gasteiger partial charge in [0, 0.05) is 5.92 Å². The molecule has 0 saturated carbocycles. The molecule has 0 atom stereocenters. The van der Waals surface area contributed by atoms with Crippen LogP contribution in [0.25, 0.3) is 0 Å². The lowest BCUT2D eigenvalue weighted by molar-refractivity contribution is -0.118. The molecule has 0 radical (unpaired) electrons. The maximum Gasteiger partial charge on any atom is 0.264 e. The normalized spacial score (nSPS) is 10.9. The predicted octanol–water partition coefficient (Wildman–Crippen LogP) is 5.17. The quantitative estimate of drug-likeness (QED) is 0.601. The van der Waals surface area contributed by atoms with Crippen molar-refractivity contribution in [3.05, 3.63) is 33.2 Å². The first kappa shape index (κ1) is 19.8. The van der Waals surface area contributed by atoms with Crippen molar-refractivity contribution in [2.75, 3.05) is 11.9 Å². The summed E-state index contributed by atoms with van der Waals surface area (Å²) in [6.45, 7) is 6.34. The Balaban J connectivity index is 1.88. The molecule has 0 saturated heterocycles.